The van der Waals surface area contributed by atoms with Crippen LogP contribution in [0.2, 0.25) is 0 Å². The van der Waals surface area contributed by atoms with E-state index in [1.54, 1.807) is 6.20 Å². The summed E-state index contributed by atoms with van der Waals surface area (Å²) in [4.78, 5) is 20.1. The first kappa shape index (κ1) is 16.1. The van der Waals surface area contributed by atoms with Crippen LogP contribution >= 0.6 is 0 Å². The number of aliphatic hydroxyl groups excluding tert-OH is 1. The van der Waals surface area contributed by atoms with Gasteiger partial charge in [-0.25, -0.2) is 4.98 Å². The molecule has 25 heavy (non-hydrogen) atoms. The number of benzene rings is 1. The minimum atomic E-state index is -0.113. The van der Waals surface area contributed by atoms with Gasteiger partial charge >= 0.3 is 0 Å². The summed E-state index contributed by atoms with van der Waals surface area (Å²) >= 11 is 0. The first-order valence-corrected chi connectivity index (χ1v) is 8.93. The van der Waals surface area contributed by atoms with Gasteiger partial charge in [0, 0.05) is 30.6 Å². The van der Waals surface area contributed by atoms with Gasteiger partial charge < -0.3 is 14.7 Å². The van der Waals surface area contributed by atoms with Crippen LogP contribution in [0.4, 0.5) is 0 Å². The van der Waals surface area contributed by atoms with Gasteiger partial charge in [-0.2, -0.15) is 0 Å². The van der Waals surface area contributed by atoms with Gasteiger partial charge in [-0.15, -0.1) is 0 Å². The van der Waals surface area contributed by atoms with Crippen LogP contribution in [0.15, 0.2) is 41.5 Å². The van der Waals surface area contributed by atoms with Crippen molar-refractivity contribution in [1.29, 1.82) is 0 Å². The highest BCUT2D eigenvalue weighted by Crippen LogP contribution is 2.34. The number of nitrogens with one attached hydrogen (secondary N) is 1. The molecule has 3 aromatic rings. The molecule has 0 radical (unpaired) electrons. The lowest BCUT2D eigenvalue weighted by atomic mass is 9.86. The first-order chi connectivity index (χ1) is 12.2. The number of aryl methyl sites for hydroxylation is 1. The standard InChI is InChI=1S/C20H23N3O2/c1-13-5-6-18-15(9-13)11-17(20(25)22-18)19-21-7-8-23(19)16-4-2-3-14(10-16)12-24/h5-9,11,14,16,24H,2-4,10,12H2,1H3,(H,22,25)/t14-,16+/m0/s1. The maximum atomic E-state index is 12.6. The largest absolute Gasteiger partial charge is 0.396 e. The Labute approximate surface area is 146 Å². The third-order valence-electron chi connectivity index (χ3n) is 5.32. The van der Waals surface area contributed by atoms with Gasteiger partial charge in [0.25, 0.3) is 5.56 Å². The highest BCUT2D eigenvalue weighted by atomic mass is 16.3. The number of pyridine rings is 1. The quantitative estimate of drug-likeness (QED) is 0.769. The van der Waals surface area contributed by atoms with E-state index >= 15 is 0 Å². The Morgan fingerprint density at radius 1 is 1.32 bits per heavy atom. The van der Waals surface area contributed by atoms with Crippen molar-refractivity contribution in [3.63, 3.8) is 0 Å². The molecule has 2 aromatic heterocycles. The van der Waals surface area contributed by atoms with Crippen LogP contribution in [0.3, 0.4) is 0 Å². The number of aliphatic hydroxyl groups is 1. The topological polar surface area (TPSA) is 70.9 Å². The van der Waals surface area contributed by atoms with Crippen LogP contribution in [0.25, 0.3) is 22.3 Å². The average molecular weight is 337 g/mol. The summed E-state index contributed by atoms with van der Waals surface area (Å²) in [5.41, 5.74) is 2.50. The molecule has 2 N–H and O–H groups in total. The summed E-state index contributed by atoms with van der Waals surface area (Å²) in [6.45, 7) is 2.28. The summed E-state index contributed by atoms with van der Waals surface area (Å²) in [6.07, 6.45) is 7.89. The number of aromatic amines is 1. The predicted octanol–water partition coefficient (Wildman–Crippen LogP) is 3.42. The van der Waals surface area contributed by atoms with Gasteiger partial charge in [-0.1, -0.05) is 18.1 Å². The van der Waals surface area contributed by atoms with Gasteiger partial charge in [-0.3, -0.25) is 4.79 Å². The van der Waals surface area contributed by atoms with E-state index in [1.165, 1.54) is 0 Å². The van der Waals surface area contributed by atoms with Crippen LogP contribution in [0.1, 0.15) is 37.3 Å². The third kappa shape index (κ3) is 3.00. The molecule has 1 saturated carbocycles. The van der Waals surface area contributed by atoms with E-state index in [0.717, 1.165) is 42.1 Å². The Morgan fingerprint density at radius 2 is 2.20 bits per heavy atom. The smallest absolute Gasteiger partial charge is 0.259 e. The van der Waals surface area contributed by atoms with Crippen LogP contribution in [-0.4, -0.2) is 26.2 Å². The number of aromatic nitrogens is 3. The zero-order valence-electron chi connectivity index (χ0n) is 14.4. The Balaban J connectivity index is 1.78. The van der Waals surface area contributed by atoms with E-state index in [-0.39, 0.29) is 18.2 Å². The lowest BCUT2D eigenvalue weighted by molar-refractivity contribution is 0.163. The summed E-state index contributed by atoms with van der Waals surface area (Å²) in [6, 6.07) is 8.23. The molecule has 130 valence electrons. The summed E-state index contributed by atoms with van der Waals surface area (Å²) in [5.74, 6) is 1.06. The van der Waals surface area contributed by atoms with Crippen molar-refractivity contribution < 1.29 is 5.11 Å². The molecule has 1 aromatic carbocycles. The van der Waals surface area contributed by atoms with E-state index in [4.69, 9.17) is 0 Å². The average Bonchev–Trinajstić information content (AvgIpc) is 3.11. The van der Waals surface area contributed by atoms with Gasteiger partial charge in [0.15, 0.2) is 0 Å². The molecular weight excluding hydrogens is 314 g/mol. The second-order valence-electron chi connectivity index (χ2n) is 7.13. The number of hydrogen-bond donors (Lipinski definition) is 2. The first-order valence-electron chi connectivity index (χ1n) is 8.93. The van der Waals surface area contributed by atoms with E-state index < -0.39 is 0 Å². The highest BCUT2D eigenvalue weighted by Gasteiger charge is 2.25. The third-order valence-corrected chi connectivity index (χ3v) is 5.32. The van der Waals surface area contributed by atoms with E-state index in [9.17, 15) is 9.90 Å². The van der Waals surface area contributed by atoms with Crippen LogP contribution < -0.4 is 5.56 Å². The highest BCUT2D eigenvalue weighted by molar-refractivity contribution is 5.83. The number of fused-ring (bicyclic) bond motifs is 1. The van der Waals surface area contributed by atoms with Crippen molar-refractivity contribution in [3.8, 4) is 11.4 Å². The molecule has 1 aliphatic carbocycles. The Kier molecular flexibility index (Phi) is 4.17. The lowest BCUT2D eigenvalue weighted by Gasteiger charge is -2.29. The predicted molar refractivity (Wildman–Crippen MR) is 98.6 cm³/mol. The Morgan fingerprint density at radius 3 is 3.04 bits per heavy atom. The molecule has 5 heteroatoms. The molecule has 4 rings (SSSR count). The Hall–Kier alpha value is -2.40. The number of H-pyrrole nitrogens is 1. The summed E-state index contributed by atoms with van der Waals surface area (Å²) in [7, 11) is 0. The molecule has 1 aliphatic rings. The monoisotopic (exact) mass is 337 g/mol. The maximum Gasteiger partial charge on any atom is 0.259 e. The molecular formula is C20H23N3O2. The fraction of sp³-hybridized carbons (Fsp3) is 0.400. The fourth-order valence-electron chi connectivity index (χ4n) is 3.99. The van der Waals surface area contributed by atoms with E-state index in [0.29, 0.717) is 17.3 Å². The maximum absolute atomic E-state index is 12.6. The van der Waals surface area contributed by atoms with E-state index in [1.807, 2.05) is 31.3 Å². The number of imidazole rings is 1. The second kappa shape index (κ2) is 6.48. The van der Waals surface area contributed by atoms with Crippen molar-refractivity contribution in [3.05, 3.63) is 52.6 Å². The molecule has 1 fully saturated rings. The van der Waals surface area contributed by atoms with Gasteiger partial charge in [-0.05, 0) is 55.7 Å². The lowest BCUT2D eigenvalue weighted by Crippen LogP contribution is -2.22. The molecule has 0 amide bonds. The fourth-order valence-corrected chi connectivity index (χ4v) is 3.99. The molecule has 0 unspecified atom stereocenters. The van der Waals surface area contributed by atoms with Crippen LogP contribution in [0, 0.1) is 12.8 Å². The second-order valence-corrected chi connectivity index (χ2v) is 7.13. The molecule has 0 spiro atoms. The summed E-state index contributed by atoms with van der Waals surface area (Å²) in [5, 5.41) is 10.5. The molecule has 0 saturated heterocycles. The minimum Gasteiger partial charge on any atom is -0.396 e. The van der Waals surface area contributed by atoms with Gasteiger partial charge in [0.1, 0.15) is 5.82 Å². The van der Waals surface area contributed by atoms with Crippen molar-refractivity contribution in [1.82, 2.24) is 14.5 Å². The minimum absolute atomic E-state index is 0.113. The number of hydrogen-bond acceptors (Lipinski definition) is 3. The van der Waals surface area contributed by atoms with Crippen molar-refractivity contribution in [2.75, 3.05) is 6.61 Å². The molecule has 2 atom stereocenters. The van der Waals surface area contributed by atoms with Crippen molar-refractivity contribution in [2.45, 2.75) is 38.6 Å². The van der Waals surface area contributed by atoms with E-state index in [2.05, 4.69) is 20.6 Å². The number of rotatable bonds is 3. The van der Waals surface area contributed by atoms with Gasteiger partial charge in [0.2, 0.25) is 0 Å². The van der Waals surface area contributed by atoms with Crippen molar-refractivity contribution in [2.24, 2.45) is 5.92 Å². The van der Waals surface area contributed by atoms with Crippen LogP contribution in [0.5, 0.6) is 0 Å². The molecule has 2 heterocycles. The molecule has 0 aliphatic heterocycles. The van der Waals surface area contributed by atoms with Crippen molar-refractivity contribution >= 4 is 10.9 Å². The number of nitrogens with zero attached hydrogens (tertiary/aromatic N) is 2. The zero-order chi connectivity index (χ0) is 17.4. The SMILES string of the molecule is Cc1ccc2[nH]c(=O)c(-c3nccn3[C@@H]3CCC[C@H](CO)C3)cc2c1. The Bertz CT molecular complexity index is 957. The van der Waals surface area contributed by atoms with Gasteiger partial charge in [0.05, 0.1) is 5.56 Å². The van der Waals surface area contributed by atoms with Crippen LogP contribution in [-0.2, 0) is 0 Å². The molecule has 5 nitrogen and oxygen atoms in total. The normalized spacial score (nSPS) is 20.9. The summed E-state index contributed by atoms with van der Waals surface area (Å²) < 4.78 is 2.12. The molecule has 0 bridgehead atoms. The zero-order valence-corrected chi connectivity index (χ0v) is 14.4.